The van der Waals surface area contributed by atoms with E-state index in [1.165, 1.54) is 167 Å². The Hall–Kier alpha value is -1.36. The van der Waals surface area contributed by atoms with Crippen molar-refractivity contribution in [3.63, 3.8) is 0 Å². The Labute approximate surface area is 299 Å². The van der Waals surface area contributed by atoms with E-state index in [1.807, 2.05) is 0 Å². The number of carbonyl (C=O) groups is 2. The van der Waals surface area contributed by atoms with Crippen LogP contribution in [-0.2, 0) is 19.1 Å². The maximum atomic E-state index is 12.2. The second kappa shape index (κ2) is 40.1. The summed E-state index contributed by atoms with van der Waals surface area (Å²) >= 11 is 0. The van der Waals surface area contributed by atoms with Gasteiger partial charge in [0.15, 0.2) is 6.10 Å². The topological polar surface area (TPSA) is 72.8 Å². The molecule has 5 nitrogen and oxygen atoms in total. The van der Waals surface area contributed by atoms with Crippen LogP contribution in [0.3, 0.4) is 0 Å². The zero-order valence-electron chi connectivity index (χ0n) is 32.3. The molecule has 0 aromatic carbocycles. The van der Waals surface area contributed by atoms with E-state index >= 15 is 0 Å². The molecule has 0 bridgehead atoms. The number of aliphatic hydroxyl groups excluding tert-OH is 1. The van der Waals surface area contributed by atoms with Crippen LogP contribution in [0.4, 0.5) is 0 Å². The summed E-state index contributed by atoms with van der Waals surface area (Å²) in [5, 5.41) is 9.56. The molecule has 1 N–H and O–H groups in total. The van der Waals surface area contributed by atoms with Crippen LogP contribution >= 0.6 is 0 Å². The van der Waals surface area contributed by atoms with E-state index in [1.54, 1.807) is 0 Å². The third-order valence-corrected chi connectivity index (χ3v) is 9.56. The number of rotatable bonds is 39. The number of allylic oxidation sites excluding steroid dienone is 2. The van der Waals surface area contributed by atoms with Crippen LogP contribution < -0.4 is 0 Å². The van der Waals surface area contributed by atoms with Crippen molar-refractivity contribution in [3.8, 4) is 0 Å². The standard InChI is InChI=1S/C43H82O5/c1-3-5-7-9-11-13-15-17-19-20-21-22-24-25-27-29-31-33-35-37-42(45)47-40-41(39-44)48-43(46)38-36-34-32-30-28-26-23-18-16-14-12-10-8-6-4-2/h18,23,41,44H,3-17,19-22,24-40H2,1-2H3/t41-/m0/s1. The lowest BCUT2D eigenvalue weighted by molar-refractivity contribution is -0.161. The molecule has 0 spiro atoms. The number of aliphatic hydroxyl groups is 1. The number of unbranched alkanes of at least 4 members (excludes halogenated alkanes) is 29. The van der Waals surface area contributed by atoms with Crippen LogP contribution in [0.5, 0.6) is 0 Å². The minimum Gasteiger partial charge on any atom is -0.462 e. The highest BCUT2D eigenvalue weighted by Gasteiger charge is 2.16. The lowest BCUT2D eigenvalue weighted by Gasteiger charge is -2.15. The fourth-order valence-electron chi connectivity index (χ4n) is 6.31. The summed E-state index contributed by atoms with van der Waals surface area (Å²) in [6.07, 6.45) is 45.6. The first kappa shape index (κ1) is 46.6. The number of carbonyl (C=O) groups excluding carboxylic acids is 2. The van der Waals surface area contributed by atoms with Crippen molar-refractivity contribution in [2.75, 3.05) is 13.2 Å². The maximum absolute atomic E-state index is 12.2. The van der Waals surface area contributed by atoms with Crippen molar-refractivity contribution < 1.29 is 24.2 Å². The van der Waals surface area contributed by atoms with Gasteiger partial charge in [0.2, 0.25) is 0 Å². The predicted molar refractivity (Wildman–Crippen MR) is 205 cm³/mol. The van der Waals surface area contributed by atoms with Crippen LogP contribution in [-0.4, -0.2) is 36.4 Å². The van der Waals surface area contributed by atoms with Gasteiger partial charge in [0.05, 0.1) is 6.61 Å². The smallest absolute Gasteiger partial charge is 0.306 e. The van der Waals surface area contributed by atoms with E-state index in [9.17, 15) is 14.7 Å². The van der Waals surface area contributed by atoms with Gasteiger partial charge in [-0.3, -0.25) is 9.59 Å². The molecule has 0 unspecified atom stereocenters. The monoisotopic (exact) mass is 679 g/mol. The quantitative estimate of drug-likeness (QED) is 0.0398. The SMILES string of the molecule is CCCCCCCCC=CCCCCCCCC(=O)O[C@@H](CO)COC(=O)CCCCCCCCCCCCCCCCCCCCC. The molecule has 0 aromatic rings. The first-order valence-corrected chi connectivity index (χ1v) is 21.2. The number of hydrogen-bond donors (Lipinski definition) is 1. The van der Waals surface area contributed by atoms with Gasteiger partial charge in [0, 0.05) is 12.8 Å². The van der Waals surface area contributed by atoms with Gasteiger partial charge >= 0.3 is 11.9 Å². The highest BCUT2D eigenvalue weighted by molar-refractivity contribution is 5.70. The van der Waals surface area contributed by atoms with Crippen molar-refractivity contribution >= 4 is 11.9 Å². The van der Waals surface area contributed by atoms with E-state index in [0.717, 1.165) is 38.5 Å². The van der Waals surface area contributed by atoms with E-state index in [4.69, 9.17) is 9.47 Å². The summed E-state index contributed by atoms with van der Waals surface area (Å²) in [5.74, 6) is -0.588. The summed E-state index contributed by atoms with van der Waals surface area (Å²) in [6.45, 7) is 4.15. The van der Waals surface area contributed by atoms with E-state index in [0.29, 0.717) is 12.8 Å². The van der Waals surface area contributed by atoms with Crippen molar-refractivity contribution in [1.29, 1.82) is 0 Å². The van der Waals surface area contributed by atoms with Gasteiger partial charge in [-0.15, -0.1) is 0 Å². The Morgan fingerprint density at radius 3 is 1.12 bits per heavy atom. The van der Waals surface area contributed by atoms with Crippen LogP contribution in [0.15, 0.2) is 12.2 Å². The van der Waals surface area contributed by atoms with Crippen LogP contribution in [0.1, 0.15) is 232 Å². The maximum Gasteiger partial charge on any atom is 0.306 e. The molecular formula is C43H82O5. The zero-order valence-corrected chi connectivity index (χ0v) is 32.3. The normalized spacial score (nSPS) is 12.1. The lowest BCUT2D eigenvalue weighted by atomic mass is 10.0. The number of ether oxygens (including phenoxy) is 2. The summed E-state index contributed by atoms with van der Waals surface area (Å²) in [5.41, 5.74) is 0. The van der Waals surface area contributed by atoms with Crippen LogP contribution in [0.25, 0.3) is 0 Å². The largest absolute Gasteiger partial charge is 0.462 e. The molecule has 0 aliphatic rings. The summed E-state index contributed by atoms with van der Waals surface area (Å²) in [7, 11) is 0. The van der Waals surface area contributed by atoms with Gasteiger partial charge in [0.1, 0.15) is 6.61 Å². The molecule has 0 saturated heterocycles. The Bertz CT molecular complexity index is 691. The molecule has 0 amide bonds. The second-order valence-electron chi connectivity index (χ2n) is 14.4. The fraction of sp³-hybridized carbons (Fsp3) is 0.907. The molecular weight excluding hydrogens is 596 g/mol. The molecule has 1 atom stereocenters. The van der Waals surface area contributed by atoms with Gasteiger partial charge in [-0.05, 0) is 38.5 Å². The molecule has 0 rings (SSSR count). The highest BCUT2D eigenvalue weighted by atomic mass is 16.6. The van der Waals surface area contributed by atoms with E-state index < -0.39 is 6.10 Å². The lowest BCUT2D eigenvalue weighted by Crippen LogP contribution is -2.28. The zero-order chi connectivity index (χ0) is 35.0. The first-order valence-electron chi connectivity index (χ1n) is 21.2. The van der Waals surface area contributed by atoms with Crippen molar-refractivity contribution in [2.45, 2.75) is 238 Å². The van der Waals surface area contributed by atoms with Crippen LogP contribution in [0, 0.1) is 0 Å². The number of hydrogen-bond acceptors (Lipinski definition) is 5. The summed E-state index contributed by atoms with van der Waals surface area (Å²) < 4.78 is 10.6. The van der Waals surface area contributed by atoms with Crippen molar-refractivity contribution in [3.05, 3.63) is 12.2 Å². The van der Waals surface area contributed by atoms with Gasteiger partial charge in [-0.25, -0.2) is 0 Å². The average molecular weight is 679 g/mol. The predicted octanol–water partition coefficient (Wildman–Crippen LogP) is 13.3. The third-order valence-electron chi connectivity index (χ3n) is 9.56. The molecule has 0 fully saturated rings. The molecule has 5 heteroatoms. The van der Waals surface area contributed by atoms with E-state index in [2.05, 4.69) is 26.0 Å². The fourth-order valence-corrected chi connectivity index (χ4v) is 6.31. The third kappa shape index (κ3) is 37.5. The van der Waals surface area contributed by atoms with Crippen LogP contribution in [0.2, 0.25) is 0 Å². The van der Waals surface area contributed by atoms with Gasteiger partial charge in [-0.1, -0.05) is 193 Å². The molecule has 0 aliphatic heterocycles. The summed E-state index contributed by atoms with van der Waals surface area (Å²) in [6, 6.07) is 0. The Balaban J connectivity index is 3.49. The van der Waals surface area contributed by atoms with Gasteiger partial charge < -0.3 is 14.6 Å². The Kier molecular flexibility index (Phi) is 38.9. The highest BCUT2D eigenvalue weighted by Crippen LogP contribution is 2.15. The van der Waals surface area contributed by atoms with Crippen molar-refractivity contribution in [1.82, 2.24) is 0 Å². The molecule has 0 aromatic heterocycles. The molecule has 0 heterocycles. The summed E-state index contributed by atoms with van der Waals surface area (Å²) in [4.78, 5) is 24.3. The minimum atomic E-state index is -0.769. The second-order valence-corrected chi connectivity index (χ2v) is 14.4. The van der Waals surface area contributed by atoms with Gasteiger partial charge in [-0.2, -0.15) is 0 Å². The Morgan fingerprint density at radius 1 is 0.458 bits per heavy atom. The van der Waals surface area contributed by atoms with Crippen molar-refractivity contribution in [2.24, 2.45) is 0 Å². The molecule has 0 radical (unpaired) electrons. The Morgan fingerprint density at radius 2 is 0.771 bits per heavy atom. The molecule has 48 heavy (non-hydrogen) atoms. The molecule has 0 saturated carbocycles. The average Bonchev–Trinajstić information content (AvgIpc) is 3.09. The van der Waals surface area contributed by atoms with E-state index in [-0.39, 0.29) is 25.2 Å². The molecule has 0 aliphatic carbocycles. The molecule has 284 valence electrons. The first-order chi connectivity index (χ1) is 23.6. The number of esters is 2. The van der Waals surface area contributed by atoms with Gasteiger partial charge in [0.25, 0.3) is 0 Å². The minimum absolute atomic E-state index is 0.0629.